The van der Waals surface area contributed by atoms with Gasteiger partial charge in [0, 0.05) is 11.7 Å². The molecule has 0 heterocycles. The predicted octanol–water partition coefficient (Wildman–Crippen LogP) is 3.54. The van der Waals surface area contributed by atoms with Gasteiger partial charge in [-0.1, -0.05) is 13.8 Å². The molecule has 1 N–H and O–H groups in total. The van der Waals surface area contributed by atoms with Crippen molar-refractivity contribution in [2.24, 2.45) is 5.92 Å². The Bertz CT molecular complexity index is 279. The van der Waals surface area contributed by atoms with E-state index in [2.05, 4.69) is 38.2 Å². The molecule has 1 aromatic carbocycles. The molecular weight excluding hydrogens is 186 g/mol. The third kappa shape index (κ3) is 3.82. The molecule has 1 aromatic rings. The van der Waals surface area contributed by atoms with Crippen molar-refractivity contribution in [2.45, 2.75) is 33.7 Å². The molecule has 15 heavy (non-hydrogen) atoms. The van der Waals surface area contributed by atoms with Gasteiger partial charge in [-0.3, -0.25) is 0 Å². The molecule has 1 rings (SSSR count). The summed E-state index contributed by atoms with van der Waals surface area (Å²) in [4.78, 5) is 0. The second-order valence-electron chi connectivity index (χ2n) is 4.13. The first-order chi connectivity index (χ1) is 7.13. The molecule has 0 fully saturated rings. The zero-order valence-corrected chi connectivity index (χ0v) is 10.1. The standard InChI is InChI=1S/C13H21NO/c1-5-15-13-8-6-12(7-9-13)14-11(4)10(2)3/h6-11,14H,5H2,1-4H3/t11-/m0/s1. The lowest BCUT2D eigenvalue weighted by atomic mass is 10.1. The molecule has 2 nitrogen and oxygen atoms in total. The molecule has 0 spiro atoms. The summed E-state index contributed by atoms with van der Waals surface area (Å²) in [5.41, 5.74) is 1.15. The van der Waals surface area contributed by atoms with Gasteiger partial charge in [0.15, 0.2) is 0 Å². The number of hydrogen-bond donors (Lipinski definition) is 1. The number of rotatable bonds is 5. The normalized spacial score (nSPS) is 12.6. The van der Waals surface area contributed by atoms with Crippen LogP contribution in [-0.4, -0.2) is 12.6 Å². The molecule has 0 aliphatic rings. The third-order valence-corrected chi connectivity index (χ3v) is 2.56. The van der Waals surface area contributed by atoms with Crippen molar-refractivity contribution in [1.29, 1.82) is 0 Å². The van der Waals surface area contributed by atoms with Crippen molar-refractivity contribution >= 4 is 5.69 Å². The molecule has 0 aliphatic carbocycles. The minimum atomic E-state index is 0.489. The number of nitrogens with one attached hydrogen (secondary N) is 1. The van der Waals surface area contributed by atoms with E-state index in [1.54, 1.807) is 0 Å². The zero-order chi connectivity index (χ0) is 11.3. The van der Waals surface area contributed by atoms with E-state index in [1.165, 1.54) is 0 Å². The molecule has 1 atom stereocenters. The molecule has 0 unspecified atom stereocenters. The van der Waals surface area contributed by atoms with Gasteiger partial charge in [0.25, 0.3) is 0 Å². The van der Waals surface area contributed by atoms with Crippen molar-refractivity contribution in [2.75, 3.05) is 11.9 Å². The first kappa shape index (κ1) is 11.9. The summed E-state index contributed by atoms with van der Waals surface area (Å²) in [6, 6.07) is 8.61. The highest BCUT2D eigenvalue weighted by atomic mass is 16.5. The Morgan fingerprint density at radius 1 is 1.13 bits per heavy atom. The van der Waals surface area contributed by atoms with Gasteiger partial charge in [0.2, 0.25) is 0 Å². The van der Waals surface area contributed by atoms with E-state index in [1.807, 2.05) is 19.1 Å². The van der Waals surface area contributed by atoms with Crippen LogP contribution in [0, 0.1) is 5.92 Å². The minimum Gasteiger partial charge on any atom is -0.494 e. The molecule has 0 bridgehead atoms. The van der Waals surface area contributed by atoms with Gasteiger partial charge in [0.05, 0.1) is 6.61 Å². The van der Waals surface area contributed by atoms with Gasteiger partial charge in [-0.2, -0.15) is 0 Å². The topological polar surface area (TPSA) is 21.3 Å². The summed E-state index contributed by atoms with van der Waals surface area (Å²) in [5, 5.41) is 3.46. The highest BCUT2D eigenvalue weighted by Gasteiger charge is 2.05. The van der Waals surface area contributed by atoms with Gasteiger partial charge in [-0.25, -0.2) is 0 Å². The maximum Gasteiger partial charge on any atom is 0.119 e. The highest BCUT2D eigenvalue weighted by Crippen LogP contribution is 2.17. The fraction of sp³-hybridized carbons (Fsp3) is 0.538. The molecule has 84 valence electrons. The van der Waals surface area contributed by atoms with Crippen LogP contribution < -0.4 is 10.1 Å². The van der Waals surface area contributed by atoms with Crippen LogP contribution in [0.15, 0.2) is 24.3 Å². The van der Waals surface area contributed by atoms with Crippen LogP contribution in [0.3, 0.4) is 0 Å². The Morgan fingerprint density at radius 3 is 2.20 bits per heavy atom. The van der Waals surface area contributed by atoms with Gasteiger partial charge < -0.3 is 10.1 Å². The van der Waals surface area contributed by atoms with Gasteiger partial charge in [-0.15, -0.1) is 0 Å². The quantitative estimate of drug-likeness (QED) is 0.797. The summed E-state index contributed by atoms with van der Waals surface area (Å²) in [6.45, 7) is 9.34. The van der Waals surface area contributed by atoms with Crippen LogP contribution >= 0.6 is 0 Å². The fourth-order valence-corrected chi connectivity index (χ4v) is 1.24. The average molecular weight is 207 g/mol. The van der Waals surface area contributed by atoms with Crippen molar-refractivity contribution in [3.63, 3.8) is 0 Å². The van der Waals surface area contributed by atoms with Gasteiger partial charge in [-0.05, 0) is 44.0 Å². The second-order valence-corrected chi connectivity index (χ2v) is 4.13. The number of anilines is 1. The lowest BCUT2D eigenvalue weighted by molar-refractivity contribution is 0.340. The zero-order valence-electron chi connectivity index (χ0n) is 10.1. The second kappa shape index (κ2) is 5.64. The van der Waals surface area contributed by atoms with Gasteiger partial charge in [0.1, 0.15) is 5.75 Å². The highest BCUT2D eigenvalue weighted by molar-refractivity contribution is 5.47. The fourth-order valence-electron chi connectivity index (χ4n) is 1.24. The Balaban J connectivity index is 2.56. The van der Waals surface area contributed by atoms with E-state index in [0.29, 0.717) is 12.0 Å². The summed E-state index contributed by atoms with van der Waals surface area (Å²) in [6.07, 6.45) is 0. The minimum absolute atomic E-state index is 0.489. The van der Waals surface area contributed by atoms with E-state index in [4.69, 9.17) is 4.74 Å². The molecule has 0 aromatic heterocycles. The first-order valence-corrected chi connectivity index (χ1v) is 5.63. The molecule has 0 saturated heterocycles. The third-order valence-electron chi connectivity index (χ3n) is 2.56. The number of hydrogen-bond acceptors (Lipinski definition) is 2. The molecule has 2 heteroatoms. The summed E-state index contributed by atoms with van der Waals surface area (Å²) >= 11 is 0. The Hall–Kier alpha value is -1.18. The van der Waals surface area contributed by atoms with Crippen LogP contribution in [0.2, 0.25) is 0 Å². The van der Waals surface area contributed by atoms with E-state index >= 15 is 0 Å². The molecular formula is C13H21NO. The van der Waals surface area contributed by atoms with E-state index in [-0.39, 0.29) is 0 Å². The summed E-state index contributed by atoms with van der Waals surface area (Å²) < 4.78 is 5.39. The van der Waals surface area contributed by atoms with Crippen molar-refractivity contribution < 1.29 is 4.74 Å². The average Bonchev–Trinajstić information content (AvgIpc) is 2.21. The Kier molecular flexibility index (Phi) is 4.47. The van der Waals surface area contributed by atoms with Crippen molar-refractivity contribution in [3.05, 3.63) is 24.3 Å². The van der Waals surface area contributed by atoms with Crippen LogP contribution in [0.4, 0.5) is 5.69 Å². The number of ether oxygens (including phenoxy) is 1. The smallest absolute Gasteiger partial charge is 0.119 e. The SMILES string of the molecule is CCOc1ccc(N[C@@H](C)C(C)C)cc1. The monoisotopic (exact) mass is 207 g/mol. The van der Waals surface area contributed by atoms with Gasteiger partial charge >= 0.3 is 0 Å². The largest absolute Gasteiger partial charge is 0.494 e. The molecule has 0 saturated carbocycles. The van der Waals surface area contributed by atoms with Crippen LogP contribution in [0.5, 0.6) is 5.75 Å². The molecule has 0 aliphatic heterocycles. The van der Waals surface area contributed by atoms with E-state index in [9.17, 15) is 0 Å². The lowest BCUT2D eigenvalue weighted by Gasteiger charge is -2.18. The maximum absolute atomic E-state index is 5.39. The van der Waals surface area contributed by atoms with Crippen LogP contribution in [0.25, 0.3) is 0 Å². The summed E-state index contributed by atoms with van der Waals surface area (Å²) in [5.74, 6) is 1.57. The lowest BCUT2D eigenvalue weighted by Crippen LogP contribution is -2.21. The van der Waals surface area contributed by atoms with Crippen LogP contribution in [-0.2, 0) is 0 Å². The maximum atomic E-state index is 5.39. The van der Waals surface area contributed by atoms with Crippen LogP contribution in [0.1, 0.15) is 27.7 Å². The van der Waals surface area contributed by atoms with Crippen molar-refractivity contribution in [3.8, 4) is 5.75 Å². The van der Waals surface area contributed by atoms with Crippen molar-refractivity contribution in [1.82, 2.24) is 0 Å². The van der Waals surface area contributed by atoms with E-state index < -0.39 is 0 Å². The predicted molar refractivity (Wildman–Crippen MR) is 65.5 cm³/mol. The number of benzene rings is 1. The first-order valence-electron chi connectivity index (χ1n) is 5.63. The van der Waals surface area contributed by atoms with E-state index in [0.717, 1.165) is 18.0 Å². The molecule has 0 amide bonds. The Labute approximate surface area is 92.6 Å². The summed E-state index contributed by atoms with van der Waals surface area (Å²) in [7, 11) is 0. The Morgan fingerprint density at radius 2 is 1.73 bits per heavy atom. The molecule has 0 radical (unpaired) electrons.